The van der Waals surface area contributed by atoms with E-state index in [4.69, 9.17) is 0 Å². The molecule has 0 aliphatic rings. The molecule has 1 unspecified atom stereocenters. The fourth-order valence-corrected chi connectivity index (χ4v) is 5.33. The Morgan fingerprint density at radius 1 is 0.886 bits per heavy atom. The lowest BCUT2D eigenvalue weighted by Crippen LogP contribution is -2.50. The number of hydrogen-bond acceptors (Lipinski definition) is 4. The summed E-state index contributed by atoms with van der Waals surface area (Å²) in [5.74, 6) is -0.818. The van der Waals surface area contributed by atoms with Crippen molar-refractivity contribution in [2.45, 2.75) is 38.3 Å². The summed E-state index contributed by atoms with van der Waals surface area (Å²) in [4.78, 5) is 27.6. The normalized spacial score (nSPS) is 12.0. The van der Waals surface area contributed by atoms with Crippen molar-refractivity contribution in [3.8, 4) is 0 Å². The molecule has 8 heteroatoms. The molecular weight excluding hydrogens is 462 g/mol. The van der Waals surface area contributed by atoms with Crippen LogP contribution in [0.4, 0.5) is 5.69 Å². The zero-order valence-electron chi connectivity index (χ0n) is 20.4. The van der Waals surface area contributed by atoms with Crippen molar-refractivity contribution in [3.63, 3.8) is 0 Å². The standard InChI is InChI=1S/C27H31N3O4S/c1-20-15-21(2)17-24(16-20)30(35(33,34)25-13-9-6-10-14-25)19-26(31)29(22(3)27(32)28-4)18-23-11-7-5-8-12-23/h5-17,22H,18-19H2,1-4H3,(H,28,32). The molecule has 7 nitrogen and oxygen atoms in total. The lowest BCUT2D eigenvalue weighted by atomic mass is 10.1. The number of carbonyl (C=O) groups excluding carboxylic acids is 2. The van der Waals surface area contributed by atoms with Crippen LogP contribution in [0.15, 0.2) is 83.8 Å². The smallest absolute Gasteiger partial charge is 0.264 e. The fourth-order valence-electron chi connectivity index (χ4n) is 3.91. The lowest BCUT2D eigenvalue weighted by molar-refractivity contribution is -0.139. The maximum absolute atomic E-state index is 13.7. The number of nitrogens with one attached hydrogen (secondary N) is 1. The molecule has 184 valence electrons. The van der Waals surface area contributed by atoms with Gasteiger partial charge in [0.05, 0.1) is 10.6 Å². The predicted octanol–water partition coefficient (Wildman–Crippen LogP) is 3.66. The van der Waals surface area contributed by atoms with E-state index >= 15 is 0 Å². The number of nitrogens with zero attached hydrogens (tertiary/aromatic N) is 2. The first-order valence-electron chi connectivity index (χ1n) is 11.3. The molecule has 3 aromatic carbocycles. The second kappa shape index (κ2) is 11.2. The first kappa shape index (κ1) is 26.0. The zero-order chi connectivity index (χ0) is 25.6. The maximum Gasteiger partial charge on any atom is 0.264 e. The summed E-state index contributed by atoms with van der Waals surface area (Å²) in [7, 11) is -2.55. The number of hydrogen-bond donors (Lipinski definition) is 1. The predicted molar refractivity (Wildman–Crippen MR) is 137 cm³/mol. The van der Waals surface area contributed by atoms with E-state index in [-0.39, 0.29) is 17.3 Å². The largest absolute Gasteiger partial charge is 0.357 e. The van der Waals surface area contributed by atoms with Crippen LogP contribution in [-0.2, 0) is 26.2 Å². The quantitative estimate of drug-likeness (QED) is 0.493. The van der Waals surface area contributed by atoms with Gasteiger partial charge in [-0.3, -0.25) is 13.9 Å². The van der Waals surface area contributed by atoms with Crippen molar-refractivity contribution in [2.75, 3.05) is 17.9 Å². The number of rotatable bonds is 9. The summed E-state index contributed by atoms with van der Waals surface area (Å²) in [6.07, 6.45) is 0. The number of aryl methyl sites for hydroxylation is 2. The maximum atomic E-state index is 13.7. The average Bonchev–Trinajstić information content (AvgIpc) is 2.85. The van der Waals surface area contributed by atoms with Crippen molar-refractivity contribution in [2.24, 2.45) is 0 Å². The number of sulfonamides is 1. The van der Waals surface area contributed by atoms with Gasteiger partial charge in [0.2, 0.25) is 11.8 Å². The van der Waals surface area contributed by atoms with Crippen LogP contribution in [0.3, 0.4) is 0 Å². The van der Waals surface area contributed by atoms with Gasteiger partial charge in [-0.15, -0.1) is 0 Å². The SMILES string of the molecule is CNC(=O)C(C)N(Cc1ccccc1)C(=O)CN(c1cc(C)cc(C)c1)S(=O)(=O)c1ccccc1. The van der Waals surface area contributed by atoms with Crippen molar-refractivity contribution in [3.05, 3.63) is 95.6 Å². The lowest BCUT2D eigenvalue weighted by Gasteiger charge is -2.32. The van der Waals surface area contributed by atoms with Gasteiger partial charge in [0.25, 0.3) is 10.0 Å². The van der Waals surface area contributed by atoms with Gasteiger partial charge in [0, 0.05) is 13.6 Å². The summed E-state index contributed by atoms with van der Waals surface area (Å²) >= 11 is 0. The van der Waals surface area contributed by atoms with Gasteiger partial charge in [-0.2, -0.15) is 0 Å². The Morgan fingerprint density at radius 2 is 1.43 bits per heavy atom. The Bertz CT molecular complexity index is 1260. The van der Waals surface area contributed by atoms with Crippen LogP contribution in [0.5, 0.6) is 0 Å². The van der Waals surface area contributed by atoms with Crippen molar-refractivity contribution in [1.29, 1.82) is 0 Å². The van der Waals surface area contributed by atoms with Crippen molar-refractivity contribution < 1.29 is 18.0 Å². The molecule has 3 rings (SSSR count). The van der Waals surface area contributed by atoms with Gasteiger partial charge in [0.1, 0.15) is 12.6 Å². The third kappa shape index (κ3) is 6.27. The summed E-state index contributed by atoms with van der Waals surface area (Å²) in [6, 6.07) is 21.9. The topological polar surface area (TPSA) is 86.8 Å². The number of benzene rings is 3. The Hall–Kier alpha value is -3.65. The number of amides is 2. The van der Waals surface area contributed by atoms with Crippen LogP contribution in [-0.4, -0.2) is 44.8 Å². The van der Waals surface area contributed by atoms with Gasteiger partial charge in [-0.05, 0) is 61.7 Å². The van der Waals surface area contributed by atoms with Gasteiger partial charge >= 0.3 is 0 Å². The van der Waals surface area contributed by atoms with Crippen LogP contribution in [0.1, 0.15) is 23.6 Å². The zero-order valence-corrected chi connectivity index (χ0v) is 21.2. The molecular formula is C27H31N3O4S. The molecule has 2 amide bonds. The summed E-state index contributed by atoms with van der Waals surface area (Å²) in [6.45, 7) is 5.10. The molecule has 3 aromatic rings. The molecule has 0 heterocycles. The minimum Gasteiger partial charge on any atom is -0.357 e. The molecule has 1 atom stereocenters. The van der Waals surface area contributed by atoms with Crippen molar-refractivity contribution >= 4 is 27.5 Å². The Morgan fingerprint density at radius 3 is 1.97 bits per heavy atom. The highest BCUT2D eigenvalue weighted by molar-refractivity contribution is 7.92. The van der Waals surface area contributed by atoms with E-state index in [0.29, 0.717) is 5.69 Å². The average molecular weight is 494 g/mol. The van der Waals surface area contributed by atoms with E-state index in [9.17, 15) is 18.0 Å². The third-order valence-electron chi connectivity index (χ3n) is 5.71. The number of carbonyl (C=O) groups is 2. The van der Waals surface area contributed by atoms with Crippen LogP contribution in [0.25, 0.3) is 0 Å². The van der Waals surface area contributed by atoms with E-state index in [1.807, 2.05) is 50.2 Å². The highest BCUT2D eigenvalue weighted by atomic mass is 32.2. The van der Waals surface area contributed by atoms with Gasteiger partial charge < -0.3 is 10.2 Å². The molecule has 1 N–H and O–H groups in total. The van der Waals surface area contributed by atoms with E-state index in [1.54, 1.807) is 37.3 Å². The fraction of sp³-hybridized carbons (Fsp3) is 0.259. The van der Waals surface area contributed by atoms with Crippen LogP contribution in [0.2, 0.25) is 0 Å². The molecule has 0 aromatic heterocycles. The molecule has 0 fully saturated rings. The Labute approximate surface area is 207 Å². The van der Waals surface area contributed by atoms with Crippen molar-refractivity contribution in [1.82, 2.24) is 10.2 Å². The van der Waals surface area contributed by atoms with Gasteiger partial charge in [0.15, 0.2) is 0 Å². The molecule has 0 aliphatic carbocycles. The molecule has 0 spiro atoms. The monoisotopic (exact) mass is 493 g/mol. The molecule has 0 saturated heterocycles. The molecule has 0 bridgehead atoms. The van der Waals surface area contributed by atoms with E-state index in [1.165, 1.54) is 24.1 Å². The molecule has 0 radical (unpaired) electrons. The van der Waals surface area contributed by atoms with Crippen LogP contribution < -0.4 is 9.62 Å². The summed E-state index contributed by atoms with van der Waals surface area (Å²) in [5.41, 5.74) is 2.98. The Balaban J connectivity index is 2.05. The minimum absolute atomic E-state index is 0.0842. The Kier molecular flexibility index (Phi) is 8.30. The van der Waals surface area contributed by atoms with Gasteiger partial charge in [-0.1, -0.05) is 54.6 Å². The highest BCUT2D eigenvalue weighted by Crippen LogP contribution is 2.26. The highest BCUT2D eigenvalue weighted by Gasteiger charge is 2.32. The summed E-state index contributed by atoms with van der Waals surface area (Å²) in [5, 5.41) is 2.58. The van der Waals surface area contributed by atoms with E-state index in [2.05, 4.69) is 5.32 Å². The number of anilines is 1. The second-order valence-electron chi connectivity index (χ2n) is 8.47. The third-order valence-corrected chi connectivity index (χ3v) is 7.50. The summed E-state index contributed by atoms with van der Waals surface area (Å²) < 4.78 is 28.5. The van der Waals surface area contributed by atoms with E-state index < -0.39 is 28.5 Å². The molecule has 35 heavy (non-hydrogen) atoms. The minimum atomic E-state index is -4.06. The van der Waals surface area contributed by atoms with Crippen LogP contribution >= 0.6 is 0 Å². The van der Waals surface area contributed by atoms with Crippen LogP contribution in [0, 0.1) is 13.8 Å². The first-order chi connectivity index (χ1) is 16.6. The molecule has 0 aliphatic heterocycles. The second-order valence-corrected chi connectivity index (χ2v) is 10.3. The van der Waals surface area contributed by atoms with E-state index in [0.717, 1.165) is 21.0 Å². The molecule has 0 saturated carbocycles. The van der Waals surface area contributed by atoms with Gasteiger partial charge in [-0.25, -0.2) is 8.42 Å². The first-order valence-corrected chi connectivity index (χ1v) is 12.8. The number of likely N-dealkylation sites (N-methyl/N-ethyl adjacent to an activating group) is 1.